The van der Waals surface area contributed by atoms with Gasteiger partial charge in [-0.25, -0.2) is 8.78 Å². The van der Waals surface area contributed by atoms with Gasteiger partial charge in [0.15, 0.2) is 0 Å². The van der Waals surface area contributed by atoms with Gasteiger partial charge in [-0.1, -0.05) is 6.07 Å². The second kappa shape index (κ2) is 4.63. The summed E-state index contributed by atoms with van der Waals surface area (Å²) in [5.74, 6) is -2.44. The standard InChI is InChI=1S/C17H21F2N3O/c18-17(19)13-8-21(9-14(13)17)7-11-1-2-15-12-3-10(4-20-5-12)6-22(15)16(11)23/h1-2,10,12-14,20H,3-9H2/t10-,12+,13?,14?/m0/s1. The van der Waals surface area contributed by atoms with Crippen LogP contribution < -0.4 is 10.9 Å². The topological polar surface area (TPSA) is 37.3 Å². The zero-order valence-corrected chi connectivity index (χ0v) is 13.0. The van der Waals surface area contributed by atoms with Crippen molar-refractivity contribution in [2.24, 2.45) is 17.8 Å². The summed E-state index contributed by atoms with van der Waals surface area (Å²) in [5.41, 5.74) is 1.98. The molecule has 0 aromatic carbocycles. The number of fused-ring (bicyclic) bond motifs is 5. The van der Waals surface area contributed by atoms with E-state index >= 15 is 0 Å². The molecule has 5 rings (SSSR count). The van der Waals surface area contributed by atoms with E-state index in [1.54, 1.807) is 0 Å². The molecule has 2 bridgehead atoms. The Hall–Kier alpha value is -1.27. The van der Waals surface area contributed by atoms with Crippen molar-refractivity contribution in [1.82, 2.24) is 14.8 Å². The van der Waals surface area contributed by atoms with Gasteiger partial charge in [0, 0.05) is 61.7 Å². The maximum Gasteiger partial charge on any atom is 0.257 e. The van der Waals surface area contributed by atoms with Gasteiger partial charge in [0.2, 0.25) is 0 Å². The van der Waals surface area contributed by atoms with Crippen LogP contribution in [0.1, 0.15) is 23.6 Å². The summed E-state index contributed by atoms with van der Waals surface area (Å²) in [6.07, 6.45) is 1.16. The Morgan fingerprint density at radius 1 is 1.17 bits per heavy atom. The maximum atomic E-state index is 13.3. The molecule has 4 aliphatic rings. The van der Waals surface area contributed by atoms with E-state index in [0.29, 0.717) is 31.5 Å². The summed E-state index contributed by atoms with van der Waals surface area (Å²) in [5, 5.41) is 3.44. The number of pyridine rings is 1. The van der Waals surface area contributed by atoms with Crippen molar-refractivity contribution in [3.05, 3.63) is 33.7 Å². The highest BCUT2D eigenvalue weighted by Crippen LogP contribution is 2.59. The normalized spacial score (nSPS) is 37.3. The van der Waals surface area contributed by atoms with Gasteiger partial charge in [-0.2, -0.15) is 0 Å². The van der Waals surface area contributed by atoms with E-state index in [2.05, 4.69) is 11.4 Å². The minimum atomic E-state index is -2.45. The predicted molar refractivity (Wildman–Crippen MR) is 81.6 cm³/mol. The van der Waals surface area contributed by atoms with Crippen molar-refractivity contribution in [3.8, 4) is 0 Å². The van der Waals surface area contributed by atoms with Crippen molar-refractivity contribution < 1.29 is 8.78 Å². The number of hydrogen-bond acceptors (Lipinski definition) is 3. The lowest BCUT2D eigenvalue weighted by atomic mass is 9.84. The van der Waals surface area contributed by atoms with Crippen LogP contribution in [0.3, 0.4) is 0 Å². The van der Waals surface area contributed by atoms with Crippen LogP contribution >= 0.6 is 0 Å². The molecule has 2 saturated heterocycles. The van der Waals surface area contributed by atoms with Crippen LogP contribution in [0.2, 0.25) is 0 Å². The highest BCUT2D eigenvalue weighted by molar-refractivity contribution is 5.23. The molecule has 0 spiro atoms. The van der Waals surface area contributed by atoms with Crippen molar-refractivity contribution in [2.45, 2.75) is 31.4 Å². The smallest absolute Gasteiger partial charge is 0.257 e. The number of alkyl halides is 2. The molecule has 4 nitrogen and oxygen atoms in total. The van der Waals surface area contributed by atoms with Gasteiger partial charge in [0.1, 0.15) is 0 Å². The number of nitrogens with one attached hydrogen (secondary N) is 1. The molecule has 2 unspecified atom stereocenters. The molecule has 1 N–H and O–H groups in total. The molecule has 6 heteroatoms. The molecule has 0 amide bonds. The Balaban J connectivity index is 1.39. The molecular weight excluding hydrogens is 300 g/mol. The Morgan fingerprint density at radius 3 is 2.74 bits per heavy atom. The Morgan fingerprint density at radius 2 is 1.96 bits per heavy atom. The monoisotopic (exact) mass is 321 g/mol. The van der Waals surface area contributed by atoms with E-state index in [4.69, 9.17) is 0 Å². The number of hydrogen-bond donors (Lipinski definition) is 1. The third-order valence-electron chi connectivity index (χ3n) is 6.26. The van der Waals surface area contributed by atoms with E-state index < -0.39 is 17.8 Å². The van der Waals surface area contributed by atoms with Crippen LogP contribution in [0, 0.1) is 17.8 Å². The number of likely N-dealkylation sites (tertiary alicyclic amines) is 1. The molecule has 23 heavy (non-hydrogen) atoms. The Kier molecular flexibility index (Phi) is 2.84. The number of piperidine rings is 2. The lowest BCUT2D eigenvalue weighted by Gasteiger charge is -2.37. The van der Waals surface area contributed by atoms with Gasteiger partial charge in [0.25, 0.3) is 11.5 Å². The van der Waals surface area contributed by atoms with Gasteiger partial charge in [-0.15, -0.1) is 0 Å². The first kappa shape index (κ1) is 14.1. The summed E-state index contributed by atoms with van der Waals surface area (Å²) in [7, 11) is 0. The zero-order chi connectivity index (χ0) is 15.8. The van der Waals surface area contributed by atoms with Crippen LogP contribution in [0.5, 0.6) is 0 Å². The van der Waals surface area contributed by atoms with E-state index in [1.807, 2.05) is 15.5 Å². The molecule has 0 radical (unpaired) electrons. The second-order valence-electron chi connectivity index (χ2n) is 7.74. The van der Waals surface area contributed by atoms with Gasteiger partial charge >= 0.3 is 0 Å². The van der Waals surface area contributed by atoms with Gasteiger partial charge < -0.3 is 9.88 Å². The molecule has 1 aromatic heterocycles. The first-order valence-electron chi connectivity index (χ1n) is 8.57. The fraction of sp³-hybridized carbons (Fsp3) is 0.706. The van der Waals surface area contributed by atoms with Gasteiger partial charge in [-0.3, -0.25) is 9.69 Å². The second-order valence-corrected chi connectivity index (χ2v) is 7.74. The van der Waals surface area contributed by atoms with E-state index in [9.17, 15) is 13.6 Å². The largest absolute Gasteiger partial charge is 0.316 e. The van der Waals surface area contributed by atoms with Crippen molar-refractivity contribution in [1.29, 1.82) is 0 Å². The van der Waals surface area contributed by atoms with Crippen LogP contribution in [0.15, 0.2) is 16.9 Å². The van der Waals surface area contributed by atoms with Crippen LogP contribution in [-0.4, -0.2) is 41.6 Å². The minimum absolute atomic E-state index is 0.0893. The summed E-state index contributed by atoms with van der Waals surface area (Å²) < 4.78 is 28.5. The third kappa shape index (κ3) is 2.04. The molecule has 3 aliphatic heterocycles. The van der Waals surface area contributed by atoms with Crippen molar-refractivity contribution >= 4 is 0 Å². The first-order valence-corrected chi connectivity index (χ1v) is 8.57. The number of nitrogens with zero attached hydrogens (tertiary/aromatic N) is 2. The van der Waals surface area contributed by atoms with Crippen molar-refractivity contribution in [3.63, 3.8) is 0 Å². The van der Waals surface area contributed by atoms with Crippen LogP contribution in [-0.2, 0) is 13.1 Å². The molecule has 124 valence electrons. The number of aromatic nitrogens is 1. The Bertz CT molecular complexity index is 702. The van der Waals surface area contributed by atoms with E-state index in [-0.39, 0.29) is 5.56 Å². The summed E-state index contributed by atoms with van der Waals surface area (Å²) in [6, 6.07) is 4.00. The average molecular weight is 321 g/mol. The number of halogens is 2. The molecular formula is C17H21F2N3O. The predicted octanol–water partition coefficient (Wildman–Crippen LogP) is 1.25. The molecule has 1 saturated carbocycles. The SMILES string of the molecule is O=c1c(CN2CC3C(C2)C3(F)F)ccc2n1C[C@@H]1CNC[C@H]2C1. The lowest BCUT2D eigenvalue weighted by molar-refractivity contribution is 0.0517. The van der Waals surface area contributed by atoms with Crippen LogP contribution in [0.4, 0.5) is 8.78 Å². The summed E-state index contributed by atoms with van der Waals surface area (Å²) >= 11 is 0. The molecule has 4 atom stereocenters. The van der Waals surface area contributed by atoms with Crippen LogP contribution in [0.25, 0.3) is 0 Å². The summed E-state index contributed by atoms with van der Waals surface area (Å²) in [6.45, 7) is 4.07. The van der Waals surface area contributed by atoms with Gasteiger partial charge in [0.05, 0.1) is 0 Å². The maximum absolute atomic E-state index is 13.3. The lowest BCUT2D eigenvalue weighted by Crippen LogP contribution is -2.45. The fourth-order valence-corrected chi connectivity index (χ4v) is 4.92. The highest BCUT2D eigenvalue weighted by Gasteiger charge is 2.71. The first-order chi connectivity index (χ1) is 11.0. The number of rotatable bonds is 2. The summed E-state index contributed by atoms with van der Waals surface area (Å²) in [4.78, 5) is 14.8. The van der Waals surface area contributed by atoms with Gasteiger partial charge in [-0.05, 0) is 24.9 Å². The van der Waals surface area contributed by atoms with Crippen molar-refractivity contribution in [2.75, 3.05) is 26.2 Å². The highest BCUT2D eigenvalue weighted by atomic mass is 19.3. The molecule has 4 heterocycles. The van der Waals surface area contributed by atoms with E-state index in [1.165, 1.54) is 0 Å². The minimum Gasteiger partial charge on any atom is -0.316 e. The third-order valence-corrected chi connectivity index (χ3v) is 6.26. The average Bonchev–Trinajstić information content (AvgIpc) is 2.88. The Labute approximate surface area is 133 Å². The molecule has 1 aromatic rings. The fourth-order valence-electron chi connectivity index (χ4n) is 4.92. The molecule has 1 aliphatic carbocycles. The molecule has 3 fully saturated rings. The quantitative estimate of drug-likeness (QED) is 0.891. The van der Waals surface area contributed by atoms with E-state index in [0.717, 1.165) is 37.3 Å². The zero-order valence-electron chi connectivity index (χ0n) is 13.0.